The summed E-state index contributed by atoms with van der Waals surface area (Å²) in [6, 6.07) is 8.22. The highest BCUT2D eigenvalue weighted by atomic mass is 15.1. The van der Waals surface area contributed by atoms with Gasteiger partial charge in [0.2, 0.25) is 0 Å². The number of aromatic nitrogens is 3. The van der Waals surface area contributed by atoms with Gasteiger partial charge in [0.25, 0.3) is 0 Å². The lowest BCUT2D eigenvalue weighted by Gasteiger charge is -2.23. The number of nitrogen functional groups attached to an aromatic ring is 1. The quantitative estimate of drug-likeness (QED) is 0.756. The molecule has 1 aromatic carbocycles. The molecule has 0 radical (unpaired) electrons. The molecule has 0 saturated carbocycles. The molecule has 0 fully saturated rings. The van der Waals surface area contributed by atoms with Gasteiger partial charge in [-0.1, -0.05) is 39.0 Å². The number of nitrogens with zero attached hydrogens (tertiary/aromatic N) is 3. The van der Waals surface area contributed by atoms with Crippen molar-refractivity contribution in [2.24, 2.45) is 0 Å². The van der Waals surface area contributed by atoms with Gasteiger partial charge in [-0.2, -0.15) is 0 Å². The second kappa shape index (κ2) is 4.77. The van der Waals surface area contributed by atoms with Crippen LogP contribution in [-0.2, 0) is 5.41 Å². The van der Waals surface area contributed by atoms with Crippen molar-refractivity contribution in [1.29, 1.82) is 0 Å². The number of hydrogen-bond acceptors (Lipinski definition) is 4. The van der Waals surface area contributed by atoms with Crippen LogP contribution in [0, 0.1) is 0 Å². The van der Waals surface area contributed by atoms with E-state index in [1.807, 2.05) is 28.8 Å². The number of benzene rings is 1. The van der Waals surface area contributed by atoms with E-state index in [4.69, 9.17) is 5.73 Å². The third-order valence-corrected chi connectivity index (χ3v) is 3.38. The number of nitrogens with one attached hydrogen (secondary N) is 1. The zero-order valence-electron chi connectivity index (χ0n) is 12.5. The fourth-order valence-corrected chi connectivity index (χ4v) is 2.41. The van der Waals surface area contributed by atoms with Crippen LogP contribution in [0.5, 0.6) is 0 Å². The highest BCUT2D eigenvalue weighted by Crippen LogP contribution is 2.31. The van der Waals surface area contributed by atoms with Gasteiger partial charge >= 0.3 is 0 Å². The van der Waals surface area contributed by atoms with Gasteiger partial charge in [-0.25, -0.2) is 9.97 Å². The molecule has 108 valence electrons. The minimum atomic E-state index is 0.0373. The summed E-state index contributed by atoms with van der Waals surface area (Å²) in [7, 11) is 0. The summed E-state index contributed by atoms with van der Waals surface area (Å²) < 4.78 is 1.87. The van der Waals surface area contributed by atoms with Gasteiger partial charge in [0.1, 0.15) is 5.82 Å². The molecule has 0 saturated heterocycles. The number of rotatable bonds is 2. The van der Waals surface area contributed by atoms with E-state index in [-0.39, 0.29) is 5.41 Å². The van der Waals surface area contributed by atoms with Crippen LogP contribution in [0.15, 0.2) is 42.9 Å². The Morgan fingerprint density at radius 3 is 2.71 bits per heavy atom. The zero-order chi connectivity index (χ0) is 15.0. The Balaban J connectivity index is 2.09. The van der Waals surface area contributed by atoms with Crippen LogP contribution in [0.3, 0.4) is 0 Å². The maximum absolute atomic E-state index is 5.86. The fourth-order valence-electron chi connectivity index (χ4n) is 2.41. The first-order valence-electron chi connectivity index (χ1n) is 6.91. The van der Waals surface area contributed by atoms with E-state index in [0.29, 0.717) is 11.6 Å². The van der Waals surface area contributed by atoms with Gasteiger partial charge in [0.05, 0.1) is 6.20 Å². The minimum Gasteiger partial charge on any atom is -0.382 e. The first-order chi connectivity index (χ1) is 9.95. The molecule has 0 bridgehead atoms. The lowest BCUT2D eigenvalue weighted by Crippen LogP contribution is -2.14. The Morgan fingerprint density at radius 1 is 1.19 bits per heavy atom. The molecule has 0 atom stereocenters. The van der Waals surface area contributed by atoms with Crippen LogP contribution in [-0.4, -0.2) is 14.4 Å². The number of nitrogens with two attached hydrogens (primary N) is 1. The smallest absolute Gasteiger partial charge is 0.180 e. The van der Waals surface area contributed by atoms with Crippen molar-refractivity contribution in [3.63, 3.8) is 0 Å². The van der Waals surface area contributed by atoms with Crippen molar-refractivity contribution in [3.05, 3.63) is 48.4 Å². The molecular formula is C16H19N5. The molecule has 3 aromatic rings. The molecule has 0 spiro atoms. The molecule has 3 rings (SSSR count). The summed E-state index contributed by atoms with van der Waals surface area (Å²) in [4.78, 5) is 8.71. The Hall–Kier alpha value is -2.56. The first-order valence-corrected chi connectivity index (χ1v) is 6.91. The second-order valence-electron chi connectivity index (χ2n) is 6.09. The van der Waals surface area contributed by atoms with Crippen molar-refractivity contribution in [3.8, 4) is 0 Å². The second-order valence-corrected chi connectivity index (χ2v) is 6.09. The van der Waals surface area contributed by atoms with Gasteiger partial charge in [-0.15, -0.1) is 0 Å². The van der Waals surface area contributed by atoms with Crippen LogP contribution < -0.4 is 11.1 Å². The molecule has 0 aliphatic carbocycles. The summed E-state index contributed by atoms with van der Waals surface area (Å²) in [5.74, 6) is 1.12. The summed E-state index contributed by atoms with van der Waals surface area (Å²) in [5.41, 5.74) is 8.90. The van der Waals surface area contributed by atoms with Crippen LogP contribution in [0.25, 0.3) is 5.65 Å². The molecule has 0 aliphatic rings. The van der Waals surface area contributed by atoms with E-state index in [0.717, 1.165) is 11.3 Å². The molecule has 2 heterocycles. The van der Waals surface area contributed by atoms with E-state index in [2.05, 4.69) is 42.1 Å². The Morgan fingerprint density at radius 2 is 1.95 bits per heavy atom. The lowest BCUT2D eigenvalue weighted by molar-refractivity contribution is 0.592. The van der Waals surface area contributed by atoms with E-state index >= 15 is 0 Å². The minimum absolute atomic E-state index is 0.0373. The highest BCUT2D eigenvalue weighted by Gasteiger charge is 2.18. The van der Waals surface area contributed by atoms with E-state index < -0.39 is 0 Å². The standard InChI is InChI=1S/C16H19N5/c1-16(2,3)11-6-4-5-7-12(11)19-14-15-18-8-9-21(15)10-13(17)20-14/h4-10H,17H2,1-3H3,(H,19,20). The lowest BCUT2D eigenvalue weighted by atomic mass is 9.86. The number of fused-ring (bicyclic) bond motifs is 1. The summed E-state index contributed by atoms with van der Waals surface area (Å²) in [6.07, 6.45) is 5.34. The average molecular weight is 281 g/mol. The van der Waals surface area contributed by atoms with Gasteiger partial charge in [0, 0.05) is 18.1 Å². The molecule has 21 heavy (non-hydrogen) atoms. The van der Waals surface area contributed by atoms with E-state index in [9.17, 15) is 0 Å². The third-order valence-electron chi connectivity index (χ3n) is 3.38. The maximum atomic E-state index is 5.86. The molecule has 5 heteroatoms. The molecular weight excluding hydrogens is 262 g/mol. The van der Waals surface area contributed by atoms with Crippen LogP contribution in [0.2, 0.25) is 0 Å². The first kappa shape index (κ1) is 13.4. The number of imidazole rings is 1. The molecule has 2 aromatic heterocycles. The SMILES string of the molecule is CC(C)(C)c1ccccc1Nc1nc(N)cn2ccnc12. The largest absolute Gasteiger partial charge is 0.382 e. The Kier molecular flexibility index (Phi) is 3.05. The van der Waals surface area contributed by atoms with Gasteiger partial charge in [0.15, 0.2) is 11.5 Å². The van der Waals surface area contributed by atoms with Crippen molar-refractivity contribution in [2.45, 2.75) is 26.2 Å². The van der Waals surface area contributed by atoms with Crippen molar-refractivity contribution >= 4 is 23.0 Å². The third kappa shape index (κ3) is 2.54. The Labute approximate surface area is 123 Å². The Bertz CT molecular complexity index is 783. The van der Waals surface area contributed by atoms with Crippen molar-refractivity contribution in [1.82, 2.24) is 14.4 Å². The normalized spacial score (nSPS) is 11.8. The molecule has 0 aliphatic heterocycles. The summed E-state index contributed by atoms with van der Waals surface area (Å²) >= 11 is 0. The molecule has 5 nitrogen and oxygen atoms in total. The predicted molar refractivity (Wildman–Crippen MR) is 85.8 cm³/mol. The van der Waals surface area contributed by atoms with Crippen LogP contribution >= 0.6 is 0 Å². The number of para-hydroxylation sites is 1. The highest BCUT2D eigenvalue weighted by molar-refractivity contribution is 5.73. The zero-order valence-corrected chi connectivity index (χ0v) is 12.5. The molecule has 3 N–H and O–H groups in total. The summed E-state index contributed by atoms with van der Waals surface area (Å²) in [6.45, 7) is 6.56. The van der Waals surface area contributed by atoms with Crippen LogP contribution in [0.1, 0.15) is 26.3 Å². The van der Waals surface area contributed by atoms with Crippen molar-refractivity contribution in [2.75, 3.05) is 11.1 Å². The van der Waals surface area contributed by atoms with E-state index in [1.54, 1.807) is 12.4 Å². The molecule has 0 amide bonds. The predicted octanol–water partition coefficient (Wildman–Crippen LogP) is 3.35. The van der Waals surface area contributed by atoms with E-state index in [1.165, 1.54) is 5.56 Å². The topological polar surface area (TPSA) is 68.2 Å². The monoisotopic (exact) mass is 281 g/mol. The van der Waals surface area contributed by atoms with Gasteiger partial charge in [-0.3, -0.25) is 0 Å². The van der Waals surface area contributed by atoms with Gasteiger partial charge < -0.3 is 15.5 Å². The van der Waals surface area contributed by atoms with Crippen molar-refractivity contribution < 1.29 is 0 Å². The average Bonchev–Trinajstić information content (AvgIpc) is 2.86. The van der Waals surface area contributed by atoms with Gasteiger partial charge in [-0.05, 0) is 17.0 Å². The molecule has 0 unspecified atom stereocenters. The number of hydrogen-bond donors (Lipinski definition) is 2. The van der Waals surface area contributed by atoms with Crippen LogP contribution in [0.4, 0.5) is 17.3 Å². The fraction of sp³-hybridized carbons (Fsp3) is 0.250. The number of anilines is 3. The maximum Gasteiger partial charge on any atom is 0.180 e. The summed E-state index contributed by atoms with van der Waals surface area (Å²) in [5, 5.41) is 3.37.